The van der Waals surface area contributed by atoms with Gasteiger partial charge in [0.15, 0.2) is 5.78 Å². The number of ketones is 1. The van der Waals surface area contributed by atoms with Crippen LogP contribution in [0, 0.1) is 5.92 Å². The third-order valence-electron chi connectivity index (χ3n) is 2.14. The Bertz CT molecular complexity index is 291. The maximum absolute atomic E-state index is 11.3. The van der Waals surface area contributed by atoms with Crippen LogP contribution >= 0.6 is 0 Å². The fourth-order valence-electron chi connectivity index (χ4n) is 1.36. The summed E-state index contributed by atoms with van der Waals surface area (Å²) in [4.78, 5) is 33.6. The Balaban J connectivity index is 2.81. The van der Waals surface area contributed by atoms with Crippen LogP contribution in [0.5, 0.6) is 0 Å². The molecule has 7 nitrogen and oxygen atoms in total. The van der Waals surface area contributed by atoms with Gasteiger partial charge in [-0.25, -0.2) is 4.79 Å². The van der Waals surface area contributed by atoms with E-state index in [0.29, 0.717) is 0 Å². The summed E-state index contributed by atoms with van der Waals surface area (Å²) >= 11 is 0. The Labute approximate surface area is 79.6 Å². The first-order chi connectivity index (χ1) is 6.43. The molecule has 14 heavy (non-hydrogen) atoms. The minimum absolute atomic E-state index is 0.0854. The number of piperidine rings is 1. The minimum Gasteiger partial charge on any atom is -0.465 e. The second-order valence-corrected chi connectivity index (χ2v) is 3.15. The van der Waals surface area contributed by atoms with Crippen molar-refractivity contribution in [1.29, 1.82) is 0 Å². The summed E-state index contributed by atoms with van der Waals surface area (Å²) in [5.74, 6) is -2.44. The van der Waals surface area contributed by atoms with Crippen molar-refractivity contribution in [3.05, 3.63) is 0 Å². The molecule has 0 aromatic rings. The van der Waals surface area contributed by atoms with Gasteiger partial charge >= 0.3 is 6.09 Å². The van der Waals surface area contributed by atoms with Crippen LogP contribution in [-0.2, 0) is 9.59 Å². The third kappa shape index (κ3) is 1.82. The third-order valence-corrected chi connectivity index (χ3v) is 2.14. The molecule has 0 radical (unpaired) electrons. The maximum Gasteiger partial charge on any atom is 0.407 e. The highest BCUT2D eigenvalue weighted by Gasteiger charge is 2.38. The van der Waals surface area contributed by atoms with Gasteiger partial charge in [0, 0.05) is 13.1 Å². The highest BCUT2D eigenvalue weighted by molar-refractivity contribution is 6.04. The van der Waals surface area contributed by atoms with E-state index in [1.807, 2.05) is 0 Å². The number of carbonyl (C=O) groups excluding carboxylic acids is 2. The largest absolute Gasteiger partial charge is 0.465 e. The highest BCUT2D eigenvalue weighted by Crippen LogP contribution is 2.12. The van der Waals surface area contributed by atoms with Gasteiger partial charge in [0.1, 0.15) is 5.92 Å². The second kappa shape index (κ2) is 3.62. The normalized spacial score (nSPS) is 27.5. The Morgan fingerprint density at radius 2 is 2.00 bits per heavy atom. The fraction of sp³-hybridized carbons (Fsp3) is 0.571. The van der Waals surface area contributed by atoms with E-state index in [-0.39, 0.29) is 13.1 Å². The molecule has 1 saturated heterocycles. The number of rotatable bonds is 1. The molecule has 7 heteroatoms. The van der Waals surface area contributed by atoms with E-state index in [2.05, 4.69) is 0 Å². The van der Waals surface area contributed by atoms with Crippen LogP contribution in [0.25, 0.3) is 0 Å². The molecule has 1 fully saturated rings. The number of likely N-dealkylation sites (tertiary alicyclic amines) is 1. The van der Waals surface area contributed by atoms with Crippen LogP contribution in [0.2, 0.25) is 0 Å². The Hall–Kier alpha value is -1.63. The molecule has 2 atom stereocenters. The van der Waals surface area contributed by atoms with Crippen LogP contribution in [0.1, 0.15) is 0 Å². The Morgan fingerprint density at radius 1 is 1.43 bits per heavy atom. The average molecular weight is 201 g/mol. The lowest BCUT2D eigenvalue weighted by Crippen LogP contribution is -2.58. The number of carboxylic acid groups (broad SMARTS) is 1. The lowest BCUT2D eigenvalue weighted by molar-refractivity contribution is -0.135. The number of Topliss-reactive ketones (excluding diaryl/α,β-unsaturated/α-hetero) is 1. The molecule has 0 bridgehead atoms. The molecule has 1 aliphatic rings. The summed E-state index contributed by atoms with van der Waals surface area (Å²) < 4.78 is 0. The van der Waals surface area contributed by atoms with Gasteiger partial charge in [-0.05, 0) is 0 Å². The summed E-state index contributed by atoms with van der Waals surface area (Å²) in [6.45, 7) is -0.283. The van der Waals surface area contributed by atoms with Crippen LogP contribution in [0.15, 0.2) is 0 Å². The number of hydrogen-bond acceptors (Lipinski definition) is 4. The van der Waals surface area contributed by atoms with Crippen molar-refractivity contribution >= 4 is 17.8 Å². The summed E-state index contributed by atoms with van der Waals surface area (Å²) in [5, 5.41) is 8.65. The van der Waals surface area contributed by atoms with E-state index in [1.165, 1.54) is 0 Å². The molecular formula is C7H11N3O4. The minimum atomic E-state index is -1.21. The molecule has 78 valence electrons. The molecule has 0 saturated carbocycles. The highest BCUT2D eigenvalue weighted by atomic mass is 16.4. The number of nitrogens with zero attached hydrogens (tertiary/aromatic N) is 1. The molecule has 0 aromatic heterocycles. The fourth-order valence-corrected chi connectivity index (χ4v) is 1.36. The van der Waals surface area contributed by atoms with Gasteiger partial charge in [0.2, 0.25) is 5.91 Å². The van der Waals surface area contributed by atoms with Gasteiger partial charge in [-0.2, -0.15) is 0 Å². The van der Waals surface area contributed by atoms with Gasteiger partial charge in [-0.1, -0.05) is 0 Å². The smallest absolute Gasteiger partial charge is 0.407 e. The zero-order chi connectivity index (χ0) is 10.9. The standard InChI is InChI=1S/C7H11N3O4/c8-4-2-10(7(13)14)1-3(5(4)11)6(9)12/h3-4H,1-2,8H2,(H2,9,12)(H,13,14). The lowest BCUT2D eigenvalue weighted by Gasteiger charge is -2.31. The van der Waals surface area contributed by atoms with Gasteiger partial charge in [-0.15, -0.1) is 0 Å². The van der Waals surface area contributed by atoms with Gasteiger partial charge in [-0.3, -0.25) is 9.59 Å². The molecule has 1 heterocycles. The number of nitrogens with two attached hydrogens (primary N) is 2. The van der Waals surface area contributed by atoms with E-state index >= 15 is 0 Å². The molecule has 2 unspecified atom stereocenters. The summed E-state index contributed by atoms with van der Waals surface area (Å²) in [5.41, 5.74) is 10.3. The van der Waals surface area contributed by atoms with E-state index in [4.69, 9.17) is 16.6 Å². The molecule has 0 aliphatic carbocycles. The lowest BCUT2D eigenvalue weighted by atomic mass is 9.93. The quantitative estimate of drug-likeness (QED) is 0.422. The van der Waals surface area contributed by atoms with Crippen molar-refractivity contribution in [2.45, 2.75) is 6.04 Å². The first-order valence-corrected chi connectivity index (χ1v) is 4.00. The van der Waals surface area contributed by atoms with Crippen molar-refractivity contribution in [2.24, 2.45) is 17.4 Å². The number of carbonyl (C=O) groups is 3. The van der Waals surface area contributed by atoms with Crippen molar-refractivity contribution in [1.82, 2.24) is 4.90 Å². The van der Waals surface area contributed by atoms with E-state index < -0.39 is 29.7 Å². The zero-order valence-electron chi connectivity index (χ0n) is 7.34. The molecule has 1 aliphatic heterocycles. The van der Waals surface area contributed by atoms with Crippen molar-refractivity contribution in [3.63, 3.8) is 0 Å². The molecule has 1 rings (SSSR count). The second-order valence-electron chi connectivity index (χ2n) is 3.15. The topological polar surface area (TPSA) is 127 Å². The SMILES string of the molecule is NC(=O)C1CN(C(=O)O)CC(N)C1=O. The molecule has 0 spiro atoms. The predicted octanol–water partition coefficient (Wildman–Crippen LogP) is -2.02. The average Bonchev–Trinajstić information content (AvgIpc) is 2.08. The van der Waals surface area contributed by atoms with Crippen molar-refractivity contribution < 1.29 is 19.5 Å². The van der Waals surface area contributed by atoms with Crippen molar-refractivity contribution in [3.8, 4) is 0 Å². The van der Waals surface area contributed by atoms with Gasteiger partial charge < -0.3 is 21.5 Å². The number of amides is 2. The Kier molecular flexibility index (Phi) is 2.70. The van der Waals surface area contributed by atoms with Crippen LogP contribution < -0.4 is 11.5 Å². The molecule has 2 amide bonds. The van der Waals surface area contributed by atoms with Crippen LogP contribution in [-0.4, -0.2) is 46.9 Å². The molecular weight excluding hydrogens is 190 g/mol. The van der Waals surface area contributed by atoms with Crippen LogP contribution in [0.3, 0.4) is 0 Å². The van der Waals surface area contributed by atoms with Gasteiger partial charge in [0.05, 0.1) is 6.04 Å². The summed E-state index contributed by atoms with van der Waals surface area (Å²) in [7, 11) is 0. The first-order valence-electron chi connectivity index (χ1n) is 4.00. The predicted molar refractivity (Wildman–Crippen MR) is 45.3 cm³/mol. The van der Waals surface area contributed by atoms with Crippen LogP contribution in [0.4, 0.5) is 4.79 Å². The summed E-state index contributed by atoms with van der Waals surface area (Å²) in [6.07, 6.45) is -1.21. The van der Waals surface area contributed by atoms with Crippen molar-refractivity contribution in [2.75, 3.05) is 13.1 Å². The van der Waals surface area contributed by atoms with E-state index in [9.17, 15) is 14.4 Å². The molecule has 0 aromatic carbocycles. The Morgan fingerprint density at radius 3 is 2.43 bits per heavy atom. The number of hydrogen-bond donors (Lipinski definition) is 3. The van der Waals surface area contributed by atoms with Gasteiger partial charge in [0.25, 0.3) is 0 Å². The first kappa shape index (κ1) is 10.5. The van der Waals surface area contributed by atoms with E-state index in [0.717, 1.165) is 4.90 Å². The van der Waals surface area contributed by atoms with E-state index in [1.54, 1.807) is 0 Å². The number of primary amides is 1. The monoisotopic (exact) mass is 201 g/mol. The molecule has 5 N–H and O–H groups in total. The zero-order valence-corrected chi connectivity index (χ0v) is 7.34. The maximum atomic E-state index is 11.3. The summed E-state index contributed by atoms with van der Waals surface area (Å²) in [6, 6.07) is -0.961.